The van der Waals surface area contributed by atoms with E-state index in [4.69, 9.17) is 28.9 Å². The molecular formula is C19H21Cl2N3O2S. The number of rotatable bonds is 6. The number of nitrogens with two attached hydrogens (primary N) is 1. The fourth-order valence-electron chi connectivity index (χ4n) is 3.23. The van der Waals surface area contributed by atoms with Gasteiger partial charge in [0.2, 0.25) is 5.91 Å². The summed E-state index contributed by atoms with van der Waals surface area (Å²) >= 11 is 13.5. The van der Waals surface area contributed by atoms with Crippen molar-refractivity contribution in [1.82, 2.24) is 4.90 Å². The van der Waals surface area contributed by atoms with Gasteiger partial charge >= 0.3 is 0 Å². The number of hydrogen-bond acceptors (Lipinski definition) is 4. The topological polar surface area (TPSA) is 75.4 Å². The fourth-order valence-corrected chi connectivity index (χ4v) is 4.85. The highest BCUT2D eigenvalue weighted by Gasteiger charge is 2.27. The lowest BCUT2D eigenvalue weighted by Gasteiger charge is -2.24. The first-order valence-electron chi connectivity index (χ1n) is 8.67. The smallest absolute Gasteiger partial charge is 0.251 e. The van der Waals surface area contributed by atoms with Gasteiger partial charge in [-0.25, -0.2) is 0 Å². The Hall–Kier alpha value is -1.60. The van der Waals surface area contributed by atoms with Crippen LogP contribution in [0.2, 0.25) is 10.0 Å². The van der Waals surface area contributed by atoms with Crippen molar-refractivity contribution >= 4 is 51.4 Å². The molecule has 2 amide bonds. The van der Waals surface area contributed by atoms with Gasteiger partial charge in [-0.15, -0.1) is 11.3 Å². The Morgan fingerprint density at radius 1 is 1.30 bits per heavy atom. The van der Waals surface area contributed by atoms with Crippen molar-refractivity contribution in [2.45, 2.75) is 38.8 Å². The molecule has 5 nitrogen and oxygen atoms in total. The van der Waals surface area contributed by atoms with Crippen molar-refractivity contribution in [2.24, 2.45) is 5.73 Å². The van der Waals surface area contributed by atoms with Crippen molar-refractivity contribution in [3.8, 4) is 0 Å². The molecule has 8 heteroatoms. The van der Waals surface area contributed by atoms with E-state index in [0.29, 0.717) is 27.2 Å². The van der Waals surface area contributed by atoms with E-state index in [2.05, 4.69) is 5.32 Å². The van der Waals surface area contributed by atoms with Gasteiger partial charge in [0, 0.05) is 11.4 Å². The van der Waals surface area contributed by atoms with Gasteiger partial charge < -0.3 is 11.1 Å². The minimum Gasteiger partial charge on any atom is -0.365 e. The van der Waals surface area contributed by atoms with Crippen LogP contribution in [0.3, 0.4) is 0 Å². The highest BCUT2D eigenvalue weighted by Crippen LogP contribution is 2.39. The van der Waals surface area contributed by atoms with Crippen molar-refractivity contribution in [1.29, 1.82) is 0 Å². The maximum Gasteiger partial charge on any atom is 0.251 e. The Bertz CT molecular complexity index is 897. The average molecular weight is 426 g/mol. The molecular weight excluding hydrogens is 405 g/mol. The molecule has 1 aliphatic rings. The quantitative estimate of drug-likeness (QED) is 0.730. The number of fused-ring (bicyclic) bond motifs is 1. The lowest BCUT2D eigenvalue weighted by Crippen LogP contribution is -2.39. The first kappa shape index (κ1) is 20.1. The maximum absolute atomic E-state index is 12.7. The van der Waals surface area contributed by atoms with E-state index in [1.165, 1.54) is 11.3 Å². The number of thiophene rings is 1. The number of aryl methyl sites for hydroxylation is 1. The molecule has 1 atom stereocenters. The van der Waals surface area contributed by atoms with Crippen LogP contribution in [0.1, 0.15) is 39.7 Å². The predicted octanol–water partition coefficient (Wildman–Crippen LogP) is 4.10. The van der Waals surface area contributed by atoms with E-state index in [1.54, 1.807) is 12.1 Å². The number of likely N-dealkylation sites (N-methyl/N-ethyl adjacent to an activating group) is 1. The summed E-state index contributed by atoms with van der Waals surface area (Å²) in [5, 5.41) is 4.44. The molecule has 0 saturated carbocycles. The van der Waals surface area contributed by atoms with Crippen LogP contribution in [0.5, 0.6) is 0 Å². The first-order valence-corrected chi connectivity index (χ1v) is 10.2. The van der Waals surface area contributed by atoms with Gasteiger partial charge in [0.15, 0.2) is 0 Å². The molecule has 1 aromatic heterocycles. The highest BCUT2D eigenvalue weighted by molar-refractivity contribution is 7.17. The summed E-state index contributed by atoms with van der Waals surface area (Å²) in [5.74, 6) is -0.665. The number of primary amides is 1. The first-order chi connectivity index (χ1) is 12.8. The summed E-state index contributed by atoms with van der Waals surface area (Å²) in [5.41, 5.74) is 7.98. The maximum atomic E-state index is 12.7. The van der Waals surface area contributed by atoms with Gasteiger partial charge in [0.1, 0.15) is 5.00 Å². The molecule has 0 bridgehead atoms. The molecule has 0 radical (unpaired) electrons. The van der Waals surface area contributed by atoms with Crippen LogP contribution in [0, 0.1) is 0 Å². The third-order valence-electron chi connectivity index (χ3n) is 4.86. The molecule has 0 spiro atoms. The lowest BCUT2D eigenvalue weighted by atomic mass is 10.1. The van der Waals surface area contributed by atoms with Gasteiger partial charge in [-0.05, 0) is 56.5 Å². The monoisotopic (exact) mass is 425 g/mol. The van der Waals surface area contributed by atoms with Crippen LogP contribution in [-0.4, -0.2) is 29.8 Å². The number of amides is 2. The minimum atomic E-state index is -0.485. The van der Waals surface area contributed by atoms with Crippen LogP contribution in [0.4, 0.5) is 5.00 Å². The van der Waals surface area contributed by atoms with E-state index < -0.39 is 11.9 Å². The van der Waals surface area contributed by atoms with E-state index in [0.717, 1.165) is 35.3 Å². The second-order valence-electron chi connectivity index (χ2n) is 6.75. The SMILES string of the molecule is CC(C(=O)Nc1sc2c(c1C(N)=O)CCC2)N(C)Cc1ccc(Cl)c(Cl)c1. The van der Waals surface area contributed by atoms with Gasteiger partial charge in [0.25, 0.3) is 5.91 Å². The number of carbonyl (C=O) groups is 2. The Kier molecular flexibility index (Phi) is 6.11. The van der Waals surface area contributed by atoms with Crippen LogP contribution in [0.25, 0.3) is 0 Å². The van der Waals surface area contributed by atoms with Crippen molar-refractivity contribution in [3.63, 3.8) is 0 Å². The molecule has 1 heterocycles. The highest BCUT2D eigenvalue weighted by atomic mass is 35.5. The molecule has 27 heavy (non-hydrogen) atoms. The minimum absolute atomic E-state index is 0.181. The zero-order chi connectivity index (χ0) is 19.7. The van der Waals surface area contributed by atoms with Crippen LogP contribution < -0.4 is 11.1 Å². The molecule has 1 aliphatic carbocycles. The molecule has 0 saturated heterocycles. The van der Waals surface area contributed by atoms with E-state index in [1.807, 2.05) is 24.9 Å². The van der Waals surface area contributed by atoms with E-state index in [-0.39, 0.29) is 5.91 Å². The normalized spacial score (nSPS) is 14.3. The van der Waals surface area contributed by atoms with Crippen LogP contribution >= 0.6 is 34.5 Å². The number of nitrogens with one attached hydrogen (secondary N) is 1. The summed E-state index contributed by atoms with van der Waals surface area (Å²) in [7, 11) is 1.86. The Labute approximate surface area is 172 Å². The van der Waals surface area contributed by atoms with Crippen molar-refractivity contribution in [2.75, 3.05) is 12.4 Å². The van der Waals surface area contributed by atoms with E-state index in [9.17, 15) is 9.59 Å². The molecule has 3 rings (SSSR count). The number of anilines is 1. The summed E-state index contributed by atoms with van der Waals surface area (Å²) in [4.78, 5) is 27.6. The average Bonchev–Trinajstić information content (AvgIpc) is 3.17. The Morgan fingerprint density at radius 3 is 2.70 bits per heavy atom. The van der Waals surface area contributed by atoms with Crippen LogP contribution in [0.15, 0.2) is 18.2 Å². The molecule has 144 valence electrons. The molecule has 0 fully saturated rings. The van der Waals surface area contributed by atoms with Gasteiger partial charge in [-0.1, -0.05) is 29.3 Å². The summed E-state index contributed by atoms with van der Waals surface area (Å²) < 4.78 is 0. The number of nitrogens with zero attached hydrogens (tertiary/aromatic N) is 1. The number of hydrogen-bond donors (Lipinski definition) is 2. The second kappa shape index (κ2) is 8.19. The number of halogens is 2. The van der Waals surface area contributed by atoms with Crippen LogP contribution in [-0.2, 0) is 24.2 Å². The number of carbonyl (C=O) groups excluding carboxylic acids is 2. The van der Waals surface area contributed by atoms with Crippen molar-refractivity contribution in [3.05, 3.63) is 49.8 Å². The molecule has 1 aromatic carbocycles. The van der Waals surface area contributed by atoms with Gasteiger partial charge in [-0.3, -0.25) is 14.5 Å². The fraction of sp³-hybridized carbons (Fsp3) is 0.368. The largest absolute Gasteiger partial charge is 0.365 e. The zero-order valence-corrected chi connectivity index (χ0v) is 17.5. The van der Waals surface area contributed by atoms with Crippen molar-refractivity contribution < 1.29 is 9.59 Å². The Balaban J connectivity index is 1.70. The third-order valence-corrected chi connectivity index (χ3v) is 6.81. The molecule has 0 aliphatic heterocycles. The third kappa shape index (κ3) is 4.29. The molecule has 3 N–H and O–H groups in total. The van der Waals surface area contributed by atoms with Gasteiger partial charge in [0.05, 0.1) is 21.7 Å². The summed E-state index contributed by atoms with van der Waals surface area (Å²) in [6.45, 7) is 2.35. The van der Waals surface area contributed by atoms with E-state index >= 15 is 0 Å². The summed E-state index contributed by atoms with van der Waals surface area (Å²) in [6.07, 6.45) is 2.80. The number of benzene rings is 1. The standard InChI is InChI=1S/C19H21Cl2N3O2S/c1-10(24(2)9-11-6-7-13(20)14(21)8-11)18(26)23-19-16(17(22)25)12-4-3-5-15(12)27-19/h6-8,10H,3-5,9H2,1-2H3,(H2,22,25)(H,23,26). The zero-order valence-electron chi connectivity index (χ0n) is 15.1. The summed E-state index contributed by atoms with van der Waals surface area (Å²) in [6, 6.07) is 5.01. The predicted molar refractivity (Wildman–Crippen MR) is 111 cm³/mol. The lowest BCUT2D eigenvalue weighted by molar-refractivity contribution is -0.120. The molecule has 2 aromatic rings. The Morgan fingerprint density at radius 2 is 2.04 bits per heavy atom. The van der Waals surface area contributed by atoms with Gasteiger partial charge in [-0.2, -0.15) is 0 Å². The molecule has 1 unspecified atom stereocenters. The second-order valence-corrected chi connectivity index (χ2v) is 8.67.